The number of aromatic nitrogens is 2. The number of nitrogens with zero attached hydrogens (tertiary/aromatic N) is 2. The van der Waals surface area contributed by atoms with Crippen LogP contribution in [0.2, 0.25) is 0 Å². The summed E-state index contributed by atoms with van der Waals surface area (Å²) in [4.78, 5) is 0. The Hall–Kier alpha value is -4.04. The molecule has 0 N–H and O–H groups in total. The van der Waals surface area contributed by atoms with Crippen LogP contribution in [-0.2, 0) is 0 Å². The summed E-state index contributed by atoms with van der Waals surface area (Å²) in [5.74, 6) is 0. The molecule has 2 aromatic heterocycles. The fraction of sp³-hybridized carbons (Fsp3) is 0.0667. The van der Waals surface area contributed by atoms with Gasteiger partial charge in [0.05, 0.1) is 0 Å². The minimum atomic E-state index is 1.17. The average Bonchev–Trinajstić information content (AvgIpc) is 2.85. The van der Waals surface area contributed by atoms with E-state index in [1.807, 2.05) is 12.1 Å². The summed E-state index contributed by atoms with van der Waals surface area (Å²) in [5, 5.41) is 0. The second-order valence-electron chi connectivity index (χ2n) is 8.15. The molecule has 154 valence electrons. The first-order chi connectivity index (χ1) is 15.7. The molecule has 32 heavy (non-hydrogen) atoms. The van der Waals surface area contributed by atoms with E-state index >= 15 is 0 Å². The van der Waals surface area contributed by atoms with Gasteiger partial charge in [-0.25, -0.2) is 0 Å². The van der Waals surface area contributed by atoms with Crippen LogP contribution < -0.4 is 9.13 Å². The number of hydrogen-bond donors (Lipinski definition) is 0. The van der Waals surface area contributed by atoms with E-state index in [0.29, 0.717) is 0 Å². The molecule has 5 aromatic rings. The van der Waals surface area contributed by atoms with Crippen molar-refractivity contribution in [3.05, 3.63) is 133 Å². The molecule has 0 fully saturated rings. The Kier molecular flexibility index (Phi) is 5.35. The highest BCUT2D eigenvalue weighted by atomic mass is 14.9. The molecule has 0 radical (unpaired) electrons. The maximum absolute atomic E-state index is 2.22. The lowest BCUT2D eigenvalue weighted by atomic mass is 9.97. The van der Waals surface area contributed by atoms with Crippen molar-refractivity contribution in [1.29, 1.82) is 0 Å². The van der Waals surface area contributed by atoms with Crippen LogP contribution in [0.5, 0.6) is 0 Å². The van der Waals surface area contributed by atoms with E-state index in [1.165, 1.54) is 44.8 Å². The van der Waals surface area contributed by atoms with Crippen molar-refractivity contribution in [3.8, 4) is 33.6 Å². The minimum Gasteiger partial charge on any atom is -0.167 e. The summed E-state index contributed by atoms with van der Waals surface area (Å²) in [6.45, 7) is 4.35. The standard InChI is InChI=1S/C30H26N2/c1-23-21-31(27-9-5-3-6-10-27)19-17-29(23)25-13-15-26(16-14-25)30-18-20-32(22-24(30)2)28-11-7-4-8-12-28/h3-22H,1-2H3/q+2. The zero-order chi connectivity index (χ0) is 21.9. The molecule has 0 saturated carbocycles. The number of aryl methyl sites for hydroxylation is 2. The molecule has 5 rings (SSSR count). The number of benzene rings is 3. The second kappa shape index (κ2) is 8.60. The molecule has 0 amide bonds. The van der Waals surface area contributed by atoms with Crippen LogP contribution in [0.3, 0.4) is 0 Å². The van der Waals surface area contributed by atoms with Gasteiger partial charge in [0.2, 0.25) is 11.4 Å². The molecular formula is C30H26N2+2. The third-order valence-corrected chi connectivity index (χ3v) is 5.93. The Morgan fingerprint density at radius 1 is 0.438 bits per heavy atom. The first-order valence-corrected chi connectivity index (χ1v) is 10.9. The zero-order valence-corrected chi connectivity index (χ0v) is 18.4. The summed E-state index contributed by atoms with van der Waals surface area (Å²) in [5.41, 5.74) is 9.84. The van der Waals surface area contributed by atoms with Crippen LogP contribution in [0.4, 0.5) is 0 Å². The van der Waals surface area contributed by atoms with Gasteiger partial charge in [-0.1, -0.05) is 60.7 Å². The van der Waals surface area contributed by atoms with Crippen LogP contribution in [-0.4, -0.2) is 0 Å². The largest absolute Gasteiger partial charge is 0.210 e. The zero-order valence-electron chi connectivity index (χ0n) is 18.4. The van der Waals surface area contributed by atoms with Gasteiger partial charge in [-0.05, 0) is 36.1 Å². The molecule has 0 unspecified atom stereocenters. The molecule has 0 atom stereocenters. The normalized spacial score (nSPS) is 10.8. The van der Waals surface area contributed by atoms with Crippen LogP contribution in [0.25, 0.3) is 33.6 Å². The Balaban J connectivity index is 1.42. The van der Waals surface area contributed by atoms with Gasteiger partial charge in [-0.2, -0.15) is 9.13 Å². The molecule has 2 nitrogen and oxygen atoms in total. The van der Waals surface area contributed by atoms with Crippen LogP contribution in [0.15, 0.2) is 122 Å². The molecule has 0 spiro atoms. The van der Waals surface area contributed by atoms with E-state index in [9.17, 15) is 0 Å². The molecule has 3 aromatic carbocycles. The summed E-state index contributed by atoms with van der Waals surface area (Å²) < 4.78 is 4.34. The molecule has 2 heterocycles. The molecule has 0 aliphatic carbocycles. The van der Waals surface area contributed by atoms with Gasteiger partial charge in [0.25, 0.3) is 0 Å². The summed E-state index contributed by atoms with van der Waals surface area (Å²) in [6.07, 6.45) is 8.66. The van der Waals surface area contributed by atoms with Gasteiger partial charge in [-0.3, -0.25) is 0 Å². The lowest BCUT2D eigenvalue weighted by Gasteiger charge is -2.09. The summed E-state index contributed by atoms with van der Waals surface area (Å²) >= 11 is 0. The Morgan fingerprint density at radius 3 is 1.16 bits per heavy atom. The van der Waals surface area contributed by atoms with Gasteiger partial charge in [-0.15, -0.1) is 0 Å². The first-order valence-electron chi connectivity index (χ1n) is 10.9. The van der Waals surface area contributed by atoms with Crippen LogP contribution >= 0.6 is 0 Å². The molecule has 0 aliphatic rings. The average molecular weight is 415 g/mol. The molecule has 0 bridgehead atoms. The molecule has 2 heteroatoms. The minimum absolute atomic E-state index is 1.17. The third-order valence-electron chi connectivity index (χ3n) is 5.93. The quantitative estimate of drug-likeness (QED) is 0.310. The van der Waals surface area contributed by atoms with Crippen molar-refractivity contribution in [2.24, 2.45) is 0 Å². The van der Waals surface area contributed by atoms with Crippen LogP contribution in [0, 0.1) is 13.8 Å². The monoisotopic (exact) mass is 414 g/mol. The Labute approximate surface area is 189 Å². The molecule has 0 saturated heterocycles. The number of para-hydroxylation sites is 2. The lowest BCUT2D eigenvalue weighted by molar-refractivity contribution is -0.596. The third kappa shape index (κ3) is 3.95. The van der Waals surface area contributed by atoms with Crippen molar-refractivity contribution < 1.29 is 9.13 Å². The Bertz CT molecular complexity index is 1250. The fourth-order valence-electron chi connectivity index (χ4n) is 4.21. The highest BCUT2D eigenvalue weighted by molar-refractivity contribution is 5.72. The predicted octanol–water partition coefficient (Wildman–Crippen LogP) is 6.19. The number of hydrogen-bond acceptors (Lipinski definition) is 0. The van der Waals surface area contributed by atoms with E-state index in [1.54, 1.807) is 0 Å². The number of pyridine rings is 2. The van der Waals surface area contributed by atoms with Crippen molar-refractivity contribution in [2.75, 3.05) is 0 Å². The van der Waals surface area contributed by atoms with Crippen molar-refractivity contribution in [1.82, 2.24) is 0 Å². The molecular weight excluding hydrogens is 388 g/mol. The molecule has 0 aliphatic heterocycles. The highest BCUT2D eigenvalue weighted by Crippen LogP contribution is 2.27. The second-order valence-corrected chi connectivity index (χ2v) is 8.15. The van der Waals surface area contributed by atoms with E-state index in [4.69, 9.17) is 0 Å². The van der Waals surface area contributed by atoms with Gasteiger partial charge in [0, 0.05) is 47.5 Å². The van der Waals surface area contributed by atoms with Crippen molar-refractivity contribution >= 4 is 0 Å². The van der Waals surface area contributed by atoms with Crippen molar-refractivity contribution in [2.45, 2.75) is 13.8 Å². The van der Waals surface area contributed by atoms with E-state index < -0.39 is 0 Å². The smallest absolute Gasteiger partial charge is 0.167 e. The highest BCUT2D eigenvalue weighted by Gasteiger charge is 2.12. The number of rotatable bonds is 4. The maximum Gasteiger partial charge on any atom is 0.210 e. The predicted molar refractivity (Wildman–Crippen MR) is 130 cm³/mol. The van der Waals surface area contributed by atoms with E-state index in [0.717, 1.165) is 0 Å². The topological polar surface area (TPSA) is 7.76 Å². The lowest BCUT2D eigenvalue weighted by Crippen LogP contribution is -2.29. The summed E-state index contributed by atoms with van der Waals surface area (Å²) in [7, 11) is 0. The van der Waals surface area contributed by atoms with Crippen molar-refractivity contribution in [3.63, 3.8) is 0 Å². The van der Waals surface area contributed by atoms with Crippen LogP contribution in [0.1, 0.15) is 11.1 Å². The van der Waals surface area contributed by atoms with Gasteiger partial charge in [0.1, 0.15) is 0 Å². The first kappa shape index (κ1) is 19.9. The van der Waals surface area contributed by atoms with E-state index in [2.05, 4.69) is 133 Å². The van der Waals surface area contributed by atoms with Gasteiger partial charge >= 0.3 is 0 Å². The SMILES string of the molecule is Cc1c[n+](-c2ccccc2)ccc1-c1ccc(-c2cc[n+](-c3ccccc3)cc2C)cc1. The summed E-state index contributed by atoms with van der Waals surface area (Å²) in [6, 6.07) is 34.1. The Morgan fingerprint density at radius 2 is 0.812 bits per heavy atom. The fourth-order valence-corrected chi connectivity index (χ4v) is 4.21. The maximum atomic E-state index is 2.22. The van der Waals surface area contributed by atoms with E-state index in [-0.39, 0.29) is 0 Å². The van der Waals surface area contributed by atoms with Gasteiger partial charge in [0.15, 0.2) is 24.8 Å². The van der Waals surface area contributed by atoms with Gasteiger partial charge < -0.3 is 0 Å².